The quantitative estimate of drug-likeness (QED) is 0.567. The highest BCUT2D eigenvalue weighted by molar-refractivity contribution is 6.32. The molecule has 0 fully saturated rings. The number of hydrogen-bond acceptors (Lipinski definition) is 5. The number of benzodiazepines with no additional fused rings is 1. The molecule has 3 unspecified atom stereocenters. The number of halogens is 1. The summed E-state index contributed by atoms with van der Waals surface area (Å²) in [5.74, 6) is -0.924. The average Bonchev–Trinajstić information content (AvgIpc) is 3.16. The second kappa shape index (κ2) is 9.92. The van der Waals surface area contributed by atoms with E-state index in [0.717, 1.165) is 22.3 Å². The molecule has 0 saturated carbocycles. The van der Waals surface area contributed by atoms with Crippen molar-refractivity contribution in [3.63, 3.8) is 0 Å². The molecule has 2 N–H and O–H groups in total. The summed E-state index contributed by atoms with van der Waals surface area (Å²) in [6, 6.07) is 22.3. The summed E-state index contributed by atoms with van der Waals surface area (Å²) in [5.41, 5.74) is 12.2. The van der Waals surface area contributed by atoms with Crippen LogP contribution in [0, 0.1) is 12.8 Å². The molecular weight excluding hydrogens is 486 g/mol. The fourth-order valence-electron chi connectivity index (χ4n) is 4.92. The van der Waals surface area contributed by atoms with Crippen LogP contribution in [0.15, 0.2) is 82.9 Å². The number of fused-ring (bicyclic) bond motifs is 1. The van der Waals surface area contributed by atoms with Crippen molar-refractivity contribution in [1.29, 1.82) is 0 Å². The van der Waals surface area contributed by atoms with Gasteiger partial charge in [0, 0.05) is 36.0 Å². The summed E-state index contributed by atoms with van der Waals surface area (Å²) in [6.07, 6.45) is -0.186. The third-order valence-electron chi connectivity index (χ3n) is 6.92. The number of carbonyl (C=O) groups excluding carboxylic acids is 2. The summed E-state index contributed by atoms with van der Waals surface area (Å²) in [5, 5.41) is 6.43. The summed E-state index contributed by atoms with van der Waals surface area (Å²) >= 11 is 6.39. The molecule has 2 heterocycles. The van der Waals surface area contributed by atoms with Crippen LogP contribution in [0.25, 0.3) is 0 Å². The van der Waals surface area contributed by atoms with Crippen molar-refractivity contribution in [2.75, 3.05) is 11.9 Å². The van der Waals surface area contributed by atoms with Gasteiger partial charge in [-0.2, -0.15) is 5.10 Å². The molecular formula is C29H28ClN5O2. The highest BCUT2D eigenvalue weighted by atomic mass is 35.5. The Labute approximate surface area is 221 Å². The Hall–Kier alpha value is -3.81. The molecule has 37 heavy (non-hydrogen) atoms. The molecule has 2 aliphatic heterocycles. The van der Waals surface area contributed by atoms with E-state index in [2.05, 4.69) is 5.10 Å². The van der Waals surface area contributed by atoms with Crippen LogP contribution in [0.5, 0.6) is 0 Å². The molecule has 3 aromatic rings. The molecule has 8 heteroatoms. The van der Waals surface area contributed by atoms with Crippen molar-refractivity contribution in [3.8, 4) is 0 Å². The number of carbonyl (C=O) groups is 2. The van der Waals surface area contributed by atoms with Gasteiger partial charge in [-0.1, -0.05) is 71.8 Å². The standard InChI is InChI=1S/C29H28ClN5O2/c1-17-9-11-19(12-10-17)15-23-26(33-35(18(2)36)28(23)31)27-29(37)34(3)24-14-13-21(30)16-22(24)25(32-27)20-7-5-4-6-8-20/h4-14,16,23,27-28H,15,31H2,1-3H3. The topological polar surface area (TPSA) is 91.4 Å². The van der Waals surface area contributed by atoms with Crippen molar-refractivity contribution in [1.82, 2.24) is 5.01 Å². The van der Waals surface area contributed by atoms with E-state index < -0.39 is 12.2 Å². The van der Waals surface area contributed by atoms with Crippen LogP contribution in [0.3, 0.4) is 0 Å². The molecule has 0 aromatic heterocycles. The van der Waals surface area contributed by atoms with E-state index in [1.807, 2.05) is 73.7 Å². The lowest BCUT2D eigenvalue weighted by Crippen LogP contribution is -2.47. The Balaban J connectivity index is 1.66. The Morgan fingerprint density at radius 3 is 2.43 bits per heavy atom. The van der Waals surface area contributed by atoms with Crippen LogP contribution >= 0.6 is 11.6 Å². The van der Waals surface area contributed by atoms with Crippen LogP contribution in [-0.2, 0) is 16.0 Å². The van der Waals surface area contributed by atoms with Gasteiger partial charge in [0.1, 0.15) is 6.17 Å². The SMILES string of the molecule is CC(=O)N1N=C(C2N=C(c3ccccc3)c3cc(Cl)ccc3N(C)C2=O)C(Cc2ccc(C)cc2)C1N. The number of hydrogen-bond donors (Lipinski definition) is 1. The van der Waals surface area contributed by atoms with E-state index in [4.69, 9.17) is 22.3 Å². The number of benzene rings is 3. The zero-order valence-electron chi connectivity index (χ0n) is 20.9. The minimum Gasteiger partial charge on any atom is -0.313 e. The van der Waals surface area contributed by atoms with Gasteiger partial charge in [0.25, 0.3) is 5.91 Å². The van der Waals surface area contributed by atoms with E-state index >= 15 is 0 Å². The van der Waals surface area contributed by atoms with Crippen LogP contribution in [-0.4, -0.2) is 47.5 Å². The lowest BCUT2D eigenvalue weighted by atomic mass is 9.88. The van der Waals surface area contributed by atoms with Crippen LogP contribution in [0.2, 0.25) is 5.02 Å². The molecule has 2 aliphatic rings. The van der Waals surface area contributed by atoms with E-state index in [9.17, 15) is 9.59 Å². The molecule has 0 bridgehead atoms. The van der Waals surface area contributed by atoms with Gasteiger partial charge in [0.05, 0.1) is 17.1 Å². The fraction of sp³-hybridized carbons (Fsp3) is 0.241. The zero-order valence-corrected chi connectivity index (χ0v) is 21.7. The number of anilines is 1. The van der Waals surface area contributed by atoms with Crippen LogP contribution < -0.4 is 10.6 Å². The first kappa shape index (κ1) is 24.9. The van der Waals surface area contributed by atoms with Crippen LogP contribution in [0.4, 0.5) is 5.69 Å². The van der Waals surface area contributed by atoms with Crippen molar-refractivity contribution in [2.24, 2.45) is 21.7 Å². The average molecular weight is 514 g/mol. The van der Waals surface area contributed by atoms with Crippen molar-refractivity contribution in [2.45, 2.75) is 32.5 Å². The largest absolute Gasteiger partial charge is 0.313 e. The lowest BCUT2D eigenvalue weighted by Gasteiger charge is -2.24. The van der Waals surface area contributed by atoms with Crippen molar-refractivity contribution in [3.05, 3.63) is 100 Å². The van der Waals surface area contributed by atoms with E-state index in [1.165, 1.54) is 11.9 Å². The summed E-state index contributed by atoms with van der Waals surface area (Å²) < 4.78 is 0. The second-order valence-corrected chi connectivity index (χ2v) is 9.92. The van der Waals surface area contributed by atoms with Crippen molar-refractivity contribution >= 4 is 40.5 Å². The first-order chi connectivity index (χ1) is 17.7. The Bertz CT molecular complexity index is 1420. The molecule has 7 nitrogen and oxygen atoms in total. The van der Waals surface area contributed by atoms with Gasteiger partial charge in [-0.3, -0.25) is 14.6 Å². The predicted octanol–water partition coefficient (Wildman–Crippen LogP) is 4.19. The summed E-state index contributed by atoms with van der Waals surface area (Å²) in [4.78, 5) is 33.0. The Morgan fingerprint density at radius 2 is 1.76 bits per heavy atom. The number of aliphatic imine (C=N–C) groups is 1. The zero-order chi connectivity index (χ0) is 26.3. The fourth-order valence-corrected chi connectivity index (χ4v) is 5.09. The van der Waals surface area contributed by atoms with E-state index in [-0.39, 0.29) is 17.7 Å². The van der Waals surface area contributed by atoms with E-state index in [1.54, 1.807) is 18.0 Å². The Morgan fingerprint density at radius 1 is 1.05 bits per heavy atom. The second-order valence-electron chi connectivity index (χ2n) is 9.48. The maximum Gasteiger partial charge on any atom is 0.257 e. The van der Waals surface area contributed by atoms with Gasteiger partial charge < -0.3 is 10.6 Å². The third-order valence-corrected chi connectivity index (χ3v) is 7.16. The van der Waals surface area contributed by atoms with E-state index in [0.29, 0.717) is 28.6 Å². The third kappa shape index (κ3) is 4.68. The summed E-state index contributed by atoms with van der Waals surface area (Å²) in [7, 11) is 1.72. The van der Waals surface area contributed by atoms with Gasteiger partial charge in [-0.05, 0) is 37.1 Å². The molecule has 5 rings (SSSR count). The molecule has 2 amide bonds. The summed E-state index contributed by atoms with van der Waals surface area (Å²) in [6.45, 7) is 3.45. The minimum absolute atomic E-state index is 0.250. The first-order valence-corrected chi connectivity index (χ1v) is 12.5. The highest BCUT2D eigenvalue weighted by Gasteiger charge is 2.44. The Kier molecular flexibility index (Phi) is 6.67. The molecule has 0 saturated heterocycles. The maximum atomic E-state index is 13.9. The normalized spacial score (nSPS) is 21.3. The maximum absolute atomic E-state index is 13.9. The number of nitrogens with two attached hydrogens (primary N) is 1. The van der Waals surface area contributed by atoms with Crippen molar-refractivity contribution < 1.29 is 9.59 Å². The number of rotatable bonds is 4. The number of hydrazone groups is 1. The van der Waals surface area contributed by atoms with Gasteiger partial charge in [-0.15, -0.1) is 0 Å². The monoisotopic (exact) mass is 513 g/mol. The minimum atomic E-state index is -0.961. The predicted molar refractivity (Wildman–Crippen MR) is 147 cm³/mol. The highest BCUT2D eigenvalue weighted by Crippen LogP contribution is 2.33. The van der Waals surface area contributed by atoms with Gasteiger partial charge >= 0.3 is 0 Å². The number of amides is 2. The smallest absolute Gasteiger partial charge is 0.257 e. The van der Waals surface area contributed by atoms with Gasteiger partial charge in [0.2, 0.25) is 5.91 Å². The number of aryl methyl sites for hydroxylation is 1. The van der Waals surface area contributed by atoms with Gasteiger partial charge in [-0.25, -0.2) is 5.01 Å². The van der Waals surface area contributed by atoms with Gasteiger partial charge in [0.15, 0.2) is 6.04 Å². The number of nitrogens with zero attached hydrogens (tertiary/aromatic N) is 4. The molecule has 0 aliphatic carbocycles. The molecule has 0 spiro atoms. The lowest BCUT2D eigenvalue weighted by molar-refractivity contribution is -0.130. The molecule has 188 valence electrons. The number of likely N-dealkylation sites (N-methyl/N-ethyl adjacent to an activating group) is 1. The van der Waals surface area contributed by atoms with Crippen LogP contribution in [0.1, 0.15) is 29.2 Å². The first-order valence-electron chi connectivity index (χ1n) is 12.1. The molecule has 0 radical (unpaired) electrons. The molecule has 3 atom stereocenters. The molecule has 3 aromatic carbocycles.